The molecule has 0 unspecified atom stereocenters. The second kappa shape index (κ2) is 5.87. The highest BCUT2D eigenvalue weighted by Gasteiger charge is 2.59. The molecule has 126 valence electrons. The van der Waals surface area contributed by atoms with Crippen LogP contribution in [-0.2, 0) is 25.3 Å². The van der Waals surface area contributed by atoms with E-state index in [1.165, 1.54) is 29.6 Å². The molecule has 1 saturated carbocycles. The lowest BCUT2D eigenvalue weighted by molar-refractivity contribution is -0.143. The van der Waals surface area contributed by atoms with Crippen molar-refractivity contribution in [3.8, 4) is 0 Å². The molecule has 1 aliphatic heterocycles. The molecule has 1 atom stereocenters. The molecule has 2 aliphatic rings. The predicted molar refractivity (Wildman–Crippen MR) is 82.4 cm³/mol. The van der Waals surface area contributed by atoms with E-state index in [-0.39, 0.29) is 23.1 Å². The average molecular weight is 341 g/mol. The minimum Gasteiger partial charge on any atom is -0.469 e. The number of methoxy groups -OCH3 is 1. The van der Waals surface area contributed by atoms with Gasteiger partial charge in [0.05, 0.1) is 18.8 Å². The number of sulfonamides is 1. The standard InChI is InChI=1S/C16H20FNO4S/c1-22-15(19)14-10-16(14)5-7-18(8-6-16)23(20,21)11-12-3-2-4-13(17)9-12/h2-4,9,14H,5-8,10-11H2,1H3/t14-/m0/s1. The van der Waals surface area contributed by atoms with Crippen molar-refractivity contribution >= 4 is 16.0 Å². The van der Waals surface area contributed by atoms with Crippen molar-refractivity contribution in [3.05, 3.63) is 35.6 Å². The summed E-state index contributed by atoms with van der Waals surface area (Å²) in [4.78, 5) is 11.6. The number of hydrogen-bond acceptors (Lipinski definition) is 4. The first-order valence-corrected chi connectivity index (χ1v) is 9.27. The number of nitrogens with zero attached hydrogens (tertiary/aromatic N) is 1. The zero-order valence-corrected chi connectivity index (χ0v) is 13.8. The van der Waals surface area contributed by atoms with Crippen LogP contribution in [0, 0.1) is 17.2 Å². The van der Waals surface area contributed by atoms with Gasteiger partial charge >= 0.3 is 5.97 Å². The molecule has 0 radical (unpaired) electrons. The number of ether oxygens (including phenoxy) is 1. The maximum Gasteiger partial charge on any atom is 0.309 e. The van der Waals surface area contributed by atoms with Gasteiger partial charge in [0.25, 0.3) is 0 Å². The Morgan fingerprint density at radius 1 is 1.39 bits per heavy atom. The molecule has 23 heavy (non-hydrogen) atoms. The Morgan fingerprint density at radius 2 is 2.09 bits per heavy atom. The van der Waals surface area contributed by atoms with Gasteiger partial charge in [-0.05, 0) is 42.4 Å². The SMILES string of the molecule is COC(=O)[C@@H]1CC12CCN(S(=O)(=O)Cc1cccc(F)c1)CC2. The van der Waals surface area contributed by atoms with Gasteiger partial charge in [-0.3, -0.25) is 4.79 Å². The molecule has 1 spiro atoms. The summed E-state index contributed by atoms with van der Waals surface area (Å²) in [6.45, 7) is 0.816. The van der Waals surface area contributed by atoms with Crippen molar-refractivity contribution in [1.29, 1.82) is 0 Å². The van der Waals surface area contributed by atoms with Crippen molar-refractivity contribution in [1.82, 2.24) is 4.31 Å². The van der Waals surface area contributed by atoms with E-state index >= 15 is 0 Å². The van der Waals surface area contributed by atoms with Gasteiger partial charge in [0.1, 0.15) is 5.82 Å². The van der Waals surface area contributed by atoms with Gasteiger partial charge in [-0.15, -0.1) is 0 Å². The molecule has 1 aliphatic carbocycles. The van der Waals surface area contributed by atoms with Crippen LogP contribution in [0.5, 0.6) is 0 Å². The molecule has 3 rings (SSSR count). The van der Waals surface area contributed by atoms with Crippen LogP contribution in [0.25, 0.3) is 0 Å². The summed E-state index contributed by atoms with van der Waals surface area (Å²) < 4.78 is 44.4. The van der Waals surface area contributed by atoms with Crippen LogP contribution in [0.3, 0.4) is 0 Å². The summed E-state index contributed by atoms with van der Waals surface area (Å²) >= 11 is 0. The lowest BCUT2D eigenvalue weighted by atomic mass is 9.92. The molecular weight excluding hydrogens is 321 g/mol. The molecule has 0 amide bonds. The van der Waals surface area contributed by atoms with Gasteiger partial charge in [-0.1, -0.05) is 12.1 Å². The Bertz CT molecular complexity index is 711. The molecule has 0 aromatic heterocycles. The van der Waals surface area contributed by atoms with Crippen molar-refractivity contribution in [2.24, 2.45) is 11.3 Å². The van der Waals surface area contributed by atoms with Crippen LogP contribution in [0.4, 0.5) is 4.39 Å². The van der Waals surface area contributed by atoms with E-state index in [9.17, 15) is 17.6 Å². The Morgan fingerprint density at radius 3 is 2.70 bits per heavy atom. The third-order valence-electron chi connectivity index (χ3n) is 5.03. The van der Waals surface area contributed by atoms with Gasteiger partial charge in [0.15, 0.2) is 0 Å². The van der Waals surface area contributed by atoms with Crippen molar-refractivity contribution < 1.29 is 22.3 Å². The van der Waals surface area contributed by atoms with Crippen molar-refractivity contribution in [2.75, 3.05) is 20.2 Å². The van der Waals surface area contributed by atoms with Gasteiger partial charge in [0.2, 0.25) is 10.0 Å². The van der Waals surface area contributed by atoms with E-state index in [1.54, 1.807) is 6.07 Å². The number of piperidine rings is 1. The number of benzene rings is 1. The zero-order chi connectivity index (χ0) is 16.7. The Hall–Kier alpha value is -1.47. The normalized spacial score (nSPS) is 23.7. The second-order valence-electron chi connectivity index (χ2n) is 6.43. The van der Waals surface area contributed by atoms with Gasteiger partial charge in [0, 0.05) is 13.1 Å². The summed E-state index contributed by atoms with van der Waals surface area (Å²) in [6.07, 6.45) is 2.14. The molecule has 1 heterocycles. The number of rotatable bonds is 4. The number of esters is 1. The molecular formula is C16H20FNO4S. The fourth-order valence-electron chi connectivity index (χ4n) is 3.51. The highest BCUT2D eigenvalue weighted by atomic mass is 32.2. The maximum atomic E-state index is 13.2. The molecule has 1 aromatic carbocycles. The van der Waals surface area contributed by atoms with E-state index < -0.39 is 15.8 Å². The number of carbonyl (C=O) groups is 1. The largest absolute Gasteiger partial charge is 0.469 e. The lowest BCUT2D eigenvalue weighted by Crippen LogP contribution is -2.40. The summed E-state index contributed by atoms with van der Waals surface area (Å²) in [6, 6.07) is 5.66. The quantitative estimate of drug-likeness (QED) is 0.785. The summed E-state index contributed by atoms with van der Waals surface area (Å²) in [5.74, 6) is -0.908. The smallest absolute Gasteiger partial charge is 0.309 e. The van der Waals surface area contributed by atoms with Gasteiger partial charge in [-0.25, -0.2) is 17.1 Å². The van der Waals surface area contributed by atoms with Crippen LogP contribution in [0.1, 0.15) is 24.8 Å². The Labute approximate surface area is 135 Å². The van der Waals surface area contributed by atoms with E-state index in [0.29, 0.717) is 31.5 Å². The van der Waals surface area contributed by atoms with Crippen molar-refractivity contribution in [2.45, 2.75) is 25.0 Å². The topological polar surface area (TPSA) is 63.7 Å². The zero-order valence-electron chi connectivity index (χ0n) is 13.0. The molecule has 5 nitrogen and oxygen atoms in total. The van der Waals surface area contributed by atoms with Crippen LogP contribution < -0.4 is 0 Å². The van der Waals surface area contributed by atoms with Gasteiger partial charge < -0.3 is 4.74 Å². The molecule has 7 heteroatoms. The highest BCUT2D eigenvalue weighted by molar-refractivity contribution is 7.88. The summed E-state index contributed by atoms with van der Waals surface area (Å²) in [5, 5.41) is 0. The number of hydrogen-bond donors (Lipinski definition) is 0. The molecule has 0 bridgehead atoms. The first-order valence-electron chi connectivity index (χ1n) is 7.66. The Kier molecular flexibility index (Phi) is 4.18. The third kappa shape index (κ3) is 3.26. The fourth-order valence-corrected chi connectivity index (χ4v) is 5.04. The first-order chi connectivity index (χ1) is 10.9. The van der Waals surface area contributed by atoms with E-state index in [4.69, 9.17) is 4.74 Å². The number of halogens is 1. The molecule has 0 N–H and O–H groups in total. The monoisotopic (exact) mass is 341 g/mol. The Balaban J connectivity index is 1.62. The van der Waals surface area contributed by atoms with Crippen LogP contribution >= 0.6 is 0 Å². The third-order valence-corrected chi connectivity index (χ3v) is 6.88. The van der Waals surface area contributed by atoms with Gasteiger partial charge in [-0.2, -0.15) is 0 Å². The van der Waals surface area contributed by atoms with E-state index in [2.05, 4.69) is 0 Å². The van der Waals surface area contributed by atoms with Crippen molar-refractivity contribution in [3.63, 3.8) is 0 Å². The van der Waals surface area contributed by atoms with Crippen LogP contribution in [0.2, 0.25) is 0 Å². The minimum absolute atomic E-state index is 0.0715. The minimum atomic E-state index is -3.47. The molecule has 1 saturated heterocycles. The van der Waals surface area contributed by atoms with Crippen LogP contribution in [-0.4, -0.2) is 38.9 Å². The maximum absolute atomic E-state index is 13.2. The average Bonchev–Trinajstić information content (AvgIpc) is 3.20. The first kappa shape index (κ1) is 16.4. The summed E-state index contributed by atoms with van der Waals surface area (Å²) in [7, 11) is -2.09. The molecule has 1 aromatic rings. The van der Waals surface area contributed by atoms with E-state index in [1.807, 2.05) is 0 Å². The number of carbonyl (C=O) groups excluding carboxylic acids is 1. The predicted octanol–water partition coefficient (Wildman–Crippen LogP) is 1.93. The van der Waals surface area contributed by atoms with E-state index in [0.717, 1.165) is 6.42 Å². The highest BCUT2D eigenvalue weighted by Crippen LogP contribution is 2.59. The lowest BCUT2D eigenvalue weighted by Gasteiger charge is -2.31. The summed E-state index contributed by atoms with van der Waals surface area (Å²) in [5.41, 5.74) is 0.377. The second-order valence-corrected chi connectivity index (χ2v) is 8.40. The molecule has 2 fully saturated rings. The fraction of sp³-hybridized carbons (Fsp3) is 0.562. The van der Waals surface area contributed by atoms with Crippen LogP contribution in [0.15, 0.2) is 24.3 Å².